The molecule has 2 aromatic carbocycles. The molecule has 1 aliphatic rings. The lowest BCUT2D eigenvalue weighted by molar-refractivity contribution is -0.161. The second-order valence-corrected chi connectivity index (χ2v) is 9.53. The summed E-state index contributed by atoms with van der Waals surface area (Å²) in [6.07, 6.45) is 1.47. The number of carbonyl (C=O) groups is 4. The standard InChI is InChI=1S/C25H25Cl2NO5/c1-25(14-22(31)32)13-21(17-4-2-5-19(27)12-17)23(16-7-9-18(26)10-8-16)28(24(25)33)20(15-30)6-3-11-29/h2,4-5,7-12,15,20-21,23H,3,6,13-14H2,1H3,(H,31,32)/t20?,21?,23-,25-/m1/s1. The van der Waals surface area contributed by atoms with Gasteiger partial charge in [0.15, 0.2) is 0 Å². The Morgan fingerprint density at radius 3 is 2.42 bits per heavy atom. The molecular formula is C25H25Cl2NO5. The number of nitrogens with zero attached hydrogens (tertiary/aromatic N) is 1. The fourth-order valence-corrected chi connectivity index (χ4v) is 5.08. The average molecular weight is 490 g/mol. The third-order valence-corrected chi connectivity index (χ3v) is 6.71. The van der Waals surface area contributed by atoms with Crippen LogP contribution in [0.1, 0.15) is 55.7 Å². The van der Waals surface area contributed by atoms with Crippen LogP contribution in [-0.4, -0.2) is 40.5 Å². The van der Waals surface area contributed by atoms with E-state index in [0.717, 1.165) is 11.1 Å². The Bertz CT molecular complexity index is 1040. The summed E-state index contributed by atoms with van der Waals surface area (Å²) in [4.78, 5) is 50.2. The number of carboxylic acid groups (broad SMARTS) is 1. The highest BCUT2D eigenvalue weighted by atomic mass is 35.5. The van der Waals surface area contributed by atoms with E-state index >= 15 is 0 Å². The van der Waals surface area contributed by atoms with E-state index in [1.54, 1.807) is 49.4 Å². The summed E-state index contributed by atoms with van der Waals surface area (Å²) in [6.45, 7) is 1.62. The first-order valence-corrected chi connectivity index (χ1v) is 11.4. The molecule has 6 nitrogen and oxygen atoms in total. The fraction of sp³-hybridized carbons (Fsp3) is 0.360. The van der Waals surface area contributed by atoms with Gasteiger partial charge in [0, 0.05) is 22.4 Å². The predicted octanol–water partition coefficient (Wildman–Crippen LogP) is 5.08. The lowest BCUT2D eigenvalue weighted by atomic mass is 9.67. The third-order valence-electron chi connectivity index (χ3n) is 6.23. The van der Waals surface area contributed by atoms with Crippen molar-refractivity contribution in [3.05, 3.63) is 69.7 Å². The molecule has 1 aliphatic heterocycles. The number of benzene rings is 2. The number of hydrogen-bond acceptors (Lipinski definition) is 4. The molecule has 2 unspecified atom stereocenters. The zero-order valence-corrected chi connectivity index (χ0v) is 19.6. The smallest absolute Gasteiger partial charge is 0.304 e. The van der Waals surface area contributed by atoms with Gasteiger partial charge in [0.05, 0.1) is 23.9 Å². The van der Waals surface area contributed by atoms with Crippen LogP contribution in [-0.2, 0) is 19.2 Å². The van der Waals surface area contributed by atoms with Crippen LogP contribution < -0.4 is 0 Å². The highest BCUT2D eigenvalue weighted by Crippen LogP contribution is 2.52. The molecule has 4 atom stereocenters. The first-order valence-electron chi connectivity index (χ1n) is 10.6. The Hall–Kier alpha value is -2.70. The first kappa shape index (κ1) is 24.9. The van der Waals surface area contributed by atoms with Crippen molar-refractivity contribution in [2.75, 3.05) is 0 Å². The van der Waals surface area contributed by atoms with Gasteiger partial charge in [-0.15, -0.1) is 0 Å². The van der Waals surface area contributed by atoms with Gasteiger partial charge in [-0.3, -0.25) is 9.59 Å². The zero-order valence-electron chi connectivity index (χ0n) is 18.1. The molecule has 0 saturated carbocycles. The molecule has 174 valence electrons. The SMILES string of the molecule is C[C@]1(CC(=O)O)CC(c2cccc(Cl)c2)[C@@H](c2ccc(Cl)cc2)N(C(C=O)CCC=O)C1=O. The molecule has 8 heteroatoms. The molecule has 1 fully saturated rings. The monoisotopic (exact) mass is 489 g/mol. The zero-order chi connectivity index (χ0) is 24.2. The third kappa shape index (κ3) is 5.45. The number of likely N-dealkylation sites (tertiary alicyclic amines) is 1. The molecule has 1 N–H and O–H groups in total. The largest absolute Gasteiger partial charge is 0.481 e. The second kappa shape index (κ2) is 10.5. The van der Waals surface area contributed by atoms with Crippen molar-refractivity contribution < 1.29 is 24.3 Å². The van der Waals surface area contributed by atoms with Crippen molar-refractivity contribution in [1.82, 2.24) is 4.90 Å². The molecule has 0 bridgehead atoms. The molecule has 0 spiro atoms. The molecule has 2 aromatic rings. The van der Waals surface area contributed by atoms with Gasteiger partial charge in [-0.25, -0.2) is 0 Å². The van der Waals surface area contributed by atoms with Gasteiger partial charge in [0.2, 0.25) is 5.91 Å². The molecule has 1 amide bonds. The van der Waals surface area contributed by atoms with Crippen molar-refractivity contribution in [2.24, 2.45) is 5.41 Å². The molecule has 1 saturated heterocycles. The van der Waals surface area contributed by atoms with E-state index in [-0.39, 0.29) is 31.6 Å². The van der Waals surface area contributed by atoms with Crippen molar-refractivity contribution in [1.29, 1.82) is 0 Å². The maximum atomic E-state index is 13.8. The quantitative estimate of drug-likeness (QED) is 0.495. The van der Waals surface area contributed by atoms with E-state index in [1.165, 1.54) is 4.90 Å². The summed E-state index contributed by atoms with van der Waals surface area (Å²) in [6, 6.07) is 12.8. The van der Waals surface area contributed by atoms with Crippen LogP contribution in [0, 0.1) is 5.41 Å². The number of halogens is 2. The van der Waals surface area contributed by atoms with Crippen LogP contribution >= 0.6 is 23.2 Å². The molecular weight excluding hydrogens is 465 g/mol. The Morgan fingerprint density at radius 2 is 1.85 bits per heavy atom. The van der Waals surface area contributed by atoms with Crippen LogP contribution in [0.15, 0.2) is 48.5 Å². The Labute approximate surface area is 202 Å². The summed E-state index contributed by atoms with van der Waals surface area (Å²) in [5, 5.41) is 10.6. The summed E-state index contributed by atoms with van der Waals surface area (Å²) < 4.78 is 0. The van der Waals surface area contributed by atoms with Gasteiger partial charge < -0.3 is 19.6 Å². The van der Waals surface area contributed by atoms with E-state index in [1.807, 2.05) is 6.07 Å². The minimum atomic E-state index is -1.25. The lowest BCUT2D eigenvalue weighted by Crippen LogP contribution is -2.56. The van der Waals surface area contributed by atoms with Crippen LogP contribution in [0.5, 0.6) is 0 Å². The molecule has 3 rings (SSSR count). The van der Waals surface area contributed by atoms with E-state index in [4.69, 9.17) is 23.2 Å². The van der Waals surface area contributed by atoms with Crippen molar-refractivity contribution >= 4 is 47.7 Å². The van der Waals surface area contributed by atoms with E-state index in [2.05, 4.69) is 0 Å². The van der Waals surface area contributed by atoms with E-state index < -0.39 is 29.4 Å². The van der Waals surface area contributed by atoms with Gasteiger partial charge in [-0.05, 0) is 48.2 Å². The second-order valence-electron chi connectivity index (χ2n) is 8.65. The maximum Gasteiger partial charge on any atom is 0.304 e. The van der Waals surface area contributed by atoms with Crippen LogP contribution in [0.4, 0.5) is 0 Å². The topological polar surface area (TPSA) is 91.8 Å². The predicted molar refractivity (Wildman–Crippen MR) is 125 cm³/mol. The molecule has 1 heterocycles. The Kier molecular flexibility index (Phi) is 7.92. The summed E-state index contributed by atoms with van der Waals surface area (Å²) >= 11 is 12.4. The van der Waals surface area contributed by atoms with Gasteiger partial charge >= 0.3 is 5.97 Å². The van der Waals surface area contributed by atoms with Crippen LogP contribution in [0.3, 0.4) is 0 Å². The number of aliphatic carboxylic acids is 1. The molecule has 0 aromatic heterocycles. The first-order chi connectivity index (χ1) is 15.7. The number of carboxylic acids is 1. The van der Waals surface area contributed by atoms with E-state index in [0.29, 0.717) is 22.6 Å². The van der Waals surface area contributed by atoms with Crippen LogP contribution in [0.2, 0.25) is 10.0 Å². The Balaban J connectivity index is 2.23. The number of hydrogen-bond donors (Lipinski definition) is 1. The number of amides is 1. The average Bonchev–Trinajstić information content (AvgIpc) is 2.77. The van der Waals surface area contributed by atoms with Crippen molar-refractivity contribution in [3.8, 4) is 0 Å². The number of piperidine rings is 1. The molecule has 33 heavy (non-hydrogen) atoms. The number of carbonyl (C=O) groups excluding carboxylic acids is 3. The van der Waals surface area contributed by atoms with Gasteiger partial charge in [0.1, 0.15) is 12.6 Å². The van der Waals surface area contributed by atoms with Crippen LogP contribution in [0.25, 0.3) is 0 Å². The summed E-state index contributed by atoms with van der Waals surface area (Å²) in [5.41, 5.74) is 0.342. The van der Waals surface area contributed by atoms with Gasteiger partial charge in [-0.1, -0.05) is 54.4 Å². The van der Waals surface area contributed by atoms with Gasteiger partial charge in [-0.2, -0.15) is 0 Å². The molecule has 0 radical (unpaired) electrons. The lowest BCUT2D eigenvalue weighted by Gasteiger charge is -2.51. The fourth-order valence-electron chi connectivity index (χ4n) is 4.76. The van der Waals surface area contributed by atoms with E-state index in [9.17, 15) is 24.3 Å². The highest BCUT2D eigenvalue weighted by molar-refractivity contribution is 6.30. The highest BCUT2D eigenvalue weighted by Gasteiger charge is 2.52. The molecule has 0 aliphatic carbocycles. The maximum absolute atomic E-state index is 13.8. The minimum absolute atomic E-state index is 0.0952. The van der Waals surface area contributed by atoms with Crippen molar-refractivity contribution in [3.63, 3.8) is 0 Å². The Morgan fingerprint density at radius 1 is 1.15 bits per heavy atom. The summed E-state index contributed by atoms with van der Waals surface area (Å²) in [5.74, 6) is -1.87. The number of rotatable bonds is 9. The minimum Gasteiger partial charge on any atom is -0.481 e. The van der Waals surface area contributed by atoms with Crippen molar-refractivity contribution in [2.45, 2.75) is 50.6 Å². The summed E-state index contributed by atoms with van der Waals surface area (Å²) in [7, 11) is 0. The normalized spacial score (nSPS) is 23.7. The van der Waals surface area contributed by atoms with Gasteiger partial charge in [0.25, 0.3) is 0 Å². The number of aldehydes is 2.